The van der Waals surface area contributed by atoms with Crippen LogP contribution < -0.4 is 4.90 Å². The van der Waals surface area contributed by atoms with Gasteiger partial charge >= 0.3 is 5.97 Å². The Bertz CT molecular complexity index is 701. The third-order valence-corrected chi connectivity index (χ3v) is 4.15. The van der Waals surface area contributed by atoms with E-state index >= 15 is 0 Å². The van der Waals surface area contributed by atoms with Crippen LogP contribution in [0.1, 0.15) is 37.5 Å². The van der Waals surface area contributed by atoms with Gasteiger partial charge in [-0.05, 0) is 44.4 Å². The van der Waals surface area contributed by atoms with Gasteiger partial charge in [0.2, 0.25) is 0 Å². The van der Waals surface area contributed by atoms with E-state index in [9.17, 15) is 14.7 Å². The molecule has 1 N–H and O–H groups in total. The Morgan fingerprint density at radius 3 is 2.24 bits per heavy atom. The van der Waals surface area contributed by atoms with Crippen LogP contribution in [0.3, 0.4) is 0 Å². The minimum atomic E-state index is -1.07. The second-order valence-corrected chi connectivity index (χ2v) is 5.75. The molecular formula is C15H16N2O3S. The molecule has 0 saturated carbocycles. The van der Waals surface area contributed by atoms with E-state index in [0.717, 1.165) is 22.7 Å². The summed E-state index contributed by atoms with van der Waals surface area (Å²) >= 11 is 1.02. The van der Waals surface area contributed by atoms with Crippen LogP contribution in [0.4, 0.5) is 5.00 Å². The topological polar surface area (TPSA) is 70.5 Å². The van der Waals surface area contributed by atoms with Crippen molar-refractivity contribution in [3.63, 3.8) is 0 Å². The first kappa shape index (κ1) is 15.2. The Balaban J connectivity index is 2.42. The summed E-state index contributed by atoms with van der Waals surface area (Å²) in [4.78, 5) is 25.2. The van der Waals surface area contributed by atoms with E-state index < -0.39 is 5.97 Å². The predicted octanol–water partition coefficient (Wildman–Crippen LogP) is 3.04. The van der Waals surface area contributed by atoms with Crippen molar-refractivity contribution in [1.82, 2.24) is 4.37 Å². The summed E-state index contributed by atoms with van der Waals surface area (Å²) in [6, 6.07) is 5.57. The van der Waals surface area contributed by atoms with Crippen molar-refractivity contribution in [3.8, 4) is 0 Å². The van der Waals surface area contributed by atoms with Gasteiger partial charge in [-0.1, -0.05) is 17.2 Å². The third kappa shape index (κ3) is 2.95. The van der Waals surface area contributed by atoms with E-state index in [0.29, 0.717) is 16.3 Å². The number of rotatable bonds is 3. The lowest BCUT2D eigenvalue weighted by Crippen LogP contribution is -2.27. The highest BCUT2D eigenvalue weighted by atomic mass is 32.1. The number of nitrogens with zero attached hydrogens (tertiary/aromatic N) is 2. The van der Waals surface area contributed by atoms with Crippen LogP contribution in [0.5, 0.6) is 0 Å². The smallest absolute Gasteiger partial charge is 0.340 e. The number of aromatic nitrogens is 1. The zero-order chi connectivity index (χ0) is 15.7. The first-order chi connectivity index (χ1) is 9.81. The van der Waals surface area contributed by atoms with Crippen LogP contribution in [-0.4, -0.2) is 28.4 Å². The molecule has 2 aromatic rings. The third-order valence-electron chi connectivity index (χ3n) is 3.14. The number of benzene rings is 1. The Labute approximate surface area is 127 Å². The van der Waals surface area contributed by atoms with Crippen molar-refractivity contribution < 1.29 is 14.7 Å². The van der Waals surface area contributed by atoms with Crippen LogP contribution in [0.25, 0.3) is 0 Å². The molecule has 6 heteroatoms. The molecule has 5 nitrogen and oxygen atoms in total. The van der Waals surface area contributed by atoms with Crippen molar-refractivity contribution in [1.29, 1.82) is 0 Å². The number of carbonyl (C=O) groups is 2. The molecule has 21 heavy (non-hydrogen) atoms. The number of carboxylic acids is 1. The summed E-state index contributed by atoms with van der Waals surface area (Å²) in [6.07, 6.45) is 0. The van der Waals surface area contributed by atoms with Gasteiger partial charge in [0.15, 0.2) is 0 Å². The number of carbonyl (C=O) groups excluding carboxylic acids is 1. The fourth-order valence-electron chi connectivity index (χ4n) is 2.22. The number of hydrogen-bond donors (Lipinski definition) is 1. The first-order valence-corrected chi connectivity index (χ1v) is 7.14. The molecule has 0 unspecified atom stereocenters. The van der Waals surface area contributed by atoms with Crippen molar-refractivity contribution >= 4 is 28.4 Å². The molecule has 1 heterocycles. The monoisotopic (exact) mass is 304 g/mol. The molecule has 0 aliphatic rings. The standard InChI is InChI=1S/C15H16N2O3S/c1-8-5-9(2)7-11(6-8)13(18)17(4)14-12(15(19)20)10(3)16-21-14/h5-7H,1-4H3,(H,19,20). The molecule has 1 aromatic carbocycles. The molecule has 0 aliphatic carbocycles. The quantitative estimate of drug-likeness (QED) is 0.946. The highest BCUT2D eigenvalue weighted by molar-refractivity contribution is 7.11. The largest absolute Gasteiger partial charge is 0.478 e. The fourth-order valence-corrected chi connectivity index (χ4v) is 3.06. The van der Waals surface area contributed by atoms with Crippen LogP contribution in [-0.2, 0) is 0 Å². The molecule has 0 spiro atoms. The maximum atomic E-state index is 12.5. The van der Waals surface area contributed by atoms with Gasteiger partial charge in [0.25, 0.3) is 5.91 Å². The van der Waals surface area contributed by atoms with Crippen LogP contribution in [0.2, 0.25) is 0 Å². The van der Waals surface area contributed by atoms with Gasteiger partial charge in [-0.2, -0.15) is 4.37 Å². The number of amides is 1. The van der Waals surface area contributed by atoms with Crippen molar-refractivity contribution in [3.05, 3.63) is 46.1 Å². The maximum absolute atomic E-state index is 12.5. The SMILES string of the molecule is Cc1cc(C)cc(C(=O)N(C)c2snc(C)c2C(=O)O)c1. The normalized spacial score (nSPS) is 10.5. The zero-order valence-corrected chi connectivity index (χ0v) is 13.1. The molecule has 1 amide bonds. The Hall–Kier alpha value is -2.21. The van der Waals surface area contributed by atoms with E-state index in [-0.39, 0.29) is 11.5 Å². The van der Waals surface area contributed by atoms with Gasteiger partial charge in [-0.3, -0.25) is 4.79 Å². The maximum Gasteiger partial charge on any atom is 0.340 e. The summed E-state index contributed by atoms with van der Waals surface area (Å²) in [6.45, 7) is 5.46. The Kier molecular flexibility index (Phi) is 4.09. The molecule has 0 aliphatic heterocycles. The number of carboxylic acid groups (broad SMARTS) is 1. The molecule has 1 aromatic heterocycles. The molecule has 110 valence electrons. The number of anilines is 1. The van der Waals surface area contributed by atoms with E-state index in [4.69, 9.17) is 0 Å². The van der Waals surface area contributed by atoms with Gasteiger partial charge < -0.3 is 10.0 Å². The van der Waals surface area contributed by atoms with E-state index in [2.05, 4.69) is 4.37 Å². The molecule has 0 saturated heterocycles. The zero-order valence-electron chi connectivity index (χ0n) is 12.3. The van der Waals surface area contributed by atoms with Gasteiger partial charge in [-0.25, -0.2) is 4.79 Å². The average molecular weight is 304 g/mol. The van der Waals surface area contributed by atoms with E-state index in [1.807, 2.05) is 19.9 Å². The predicted molar refractivity (Wildman–Crippen MR) is 82.5 cm³/mol. The second kappa shape index (κ2) is 5.65. The first-order valence-electron chi connectivity index (χ1n) is 6.37. The summed E-state index contributed by atoms with van der Waals surface area (Å²) in [7, 11) is 1.57. The molecule has 0 atom stereocenters. The van der Waals surface area contributed by atoms with Gasteiger partial charge in [-0.15, -0.1) is 0 Å². The van der Waals surface area contributed by atoms with Crippen molar-refractivity contribution in [2.24, 2.45) is 0 Å². The molecule has 0 radical (unpaired) electrons. The van der Waals surface area contributed by atoms with Crippen LogP contribution in [0, 0.1) is 20.8 Å². The average Bonchev–Trinajstić information content (AvgIpc) is 2.77. The molecule has 0 bridgehead atoms. The molecule has 0 fully saturated rings. The van der Waals surface area contributed by atoms with Gasteiger partial charge in [0.05, 0.1) is 5.69 Å². The van der Waals surface area contributed by atoms with Crippen LogP contribution >= 0.6 is 11.5 Å². The Morgan fingerprint density at radius 2 is 1.71 bits per heavy atom. The van der Waals surface area contributed by atoms with Gasteiger partial charge in [0, 0.05) is 12.6 Å². The summed E-state index contributed by atoms with van der Waals surface area (Å²) < 4.78 is 4.04. The summed E-state index contributed by atoms with van der Waals surface area (Å²) in [5.74, 6) is -1.32. The lowest BCUT2D eigenvalue weighted by atomic mass is 10.1. The number of aryl methyl sites for hydroxylation is 3. The fraction of sp³-hybridized carbons (Fsp3) is 0.267. The summed E-state index contributed by atoms with van der Waals surface area (Å²) in [5, 5.41) is 9.60. The number of aromatic carboxylic acids is 1. The second-order valence-electron chi connectivity index (χ2n) is 4.99. The highest BCUT2D eigenvalue weighted by Gasteiger charge is 2.24. The van der Waals surface area contributed by atoms with Crippen LogP contribution in [0.15, 0.2) is 18.2 Å². The van der Waals surface area contributed by atoms with Crippen molar-refractivity contribution in [2.45, 2.75) is 20.8 Å². The molecular weight excluding hydrogens is 288 g/mol. The summed E-state index contributed by atoms with van der Waals surface area (Å²) in [5.41, 5.74) is 3.02. The molecule has 2 rings (SSSR count). The lowest BCUT2D eigenvalue weighted by Gasteiger charge is -2.16. The van der Waals surface area contributed by atoms with E-state index in [1.165, 1.54) is 4.90 Å². The number of hydrogen-bond acceptors (Lipinski definition) is 4. The minimum Gasteiger partial charge on any atom is -0.478 e. The highest BCUT2D eigenvalue weighted by Crippen LogP contribution is 2.29. The minimum absolute atomic E-state index is 0.0835. The van der Waals surface area contributed by atoms with Crippen molar-refractivity contribution in [2.75, 3.05) is 11.9 Å². The lowest BCUT2D eigenvalue weighted by molar-refractivity contribution is 0.0697. The Morgan fingerprint density at radius 1 is 1.14 bits per heavy atom. The van der Waals surface area contributed by atoms with E-state index in [1.54, 1.807) is 26.1 Å². The van der Waals surface area contributed by atoms with Gasteiger partial charge in [0.1, 0.15) is 10.6 Å².